The predicted molar refractivity (Wildman–Crippen MR) is 168 cm³/mol. The number of hydrogen-bond donors (Lipinski definition) is 3. The van der Waals surface area contributed by atoms with Crippen LogP contribution in [0.25, 0.3) is 11.3 Å². The second-order valence-electron chi connectivity index (χ2n) is 11.6. The molecule has 0 bridgehead atoms. The summed E-state index contributed by atoms with van der Waals surface area (Å²) >= 11 is 0. The quantitative estimate of drug-likeness (QED) is 0.248. The summed E-state index contributed by atoms with van der Waals surface area (Å²) in [6.07, 6.45) is -0.694. The zero-order valence-corrected chi connectivity index (χ0v) is 26.3. The molecule has 3 amide bonds. The molecule has 2 aliphatic rings. The third kappa shape index (κ3) is 8.75. The fourth-order valence-corrected chi connectivity index (χ4v) is 4.75. The standard InChI is InChI=1S/C32H38N6O8/c1-32(2,3)46-30(40)34-12-13-43-23-15-24(35-28(16-23)42-4)21-7-5-6-20(14-21)17-33-11-10-22-18-38(31(41)45-22)26-9-8-25-29(36-26)37-27(39)19-44-25/h5-9,14-16,22,33H,10-13,17-19H2,1-4H3,(H,34,40)(H,36,37,39)/t22-/m0/s1. The predicted octanol–water partition coefficient (Wildman–Crippen LogP) is 3.89. The van der Waals surface area contributed by atoms with Gasteiger partial charge in [-0.15, -0.1) is 0 Å². The molecule has 46 heavy (non-hydrogen) atoms. The Kier molecular flexibility index (Phi) is 10.1. The summed E-state index contributed by atoms with van der Waals surface area (Å²) in [6.45, 7) is 7.41. The van der Waals surface area contributed by atoms with Crippen LogP contribution in [0.1, 0.15) is 32.8 Å². The average Bonchev–Trinajstić information content (AvgIpc) is 3.40. The highest BCUT2D eigenvalue weighted by atomic mass is 16.6. The van der Waals surface area contributed by atoms with E-state index in [4.69, 9.17) is 23.7 Å². The van der Waals surface area contributed by atoms with E-state index in [1.54, 1.807) is 46.1 Å². The summed E-state index contributed by atoms with van der Waals surface area (Å²) in [5, 5.41) is 8.73. The lowest BCUT2D eigenvalue weighted by Crippen LogP contribution is -2.34. The molecule has 14 heteroatoms. The highest BCUT2D eigenvalue weighted by Gasteiger charge is 2.33. The number of rotatable bonds is 12. The molecule has 0 saturated carbocycles. The smallest absolute Gasteiger partial charge is 0.415 e. The third-order valence-corrected chi connectivity index (χ3v) is 6.83. The van der Waals surface area contributed by atoms with Gasteiger partial charge in [0.15, 0.2) is 18.2 Å². The van der Waals surface area contributed by atoms with Crippen molar-refractivity contribution < 1.29 is 38.1 Å². The van der Waals surface area contributed by atoms with Crippen LogP contribution in [0.2, 0.25) is 0 Å². The lowest BCUT2D eigenvalue weighted by molar-refractivity contribution is -0.118. The normalized spacial score (nSPS) is 15.7. The van der Waals surface area contributed by atoms with Crippen LogP contribution in [0.5, 0.6) is 17.4 Å². The Balaban J connectivity index is 1.11. The van der Waals surface area contributed by atoms with Crippen LogP contribution >= 0.6 is 0 Å². The van der Waals surface area contributed by atoms with E-state index in [2.05, 4.69) is 25.9 Å². The van der Waals surface area contributed by atoms with Crippen LogP contribution in [0.4, 0.5) is 21.2 Å². The number of benzene rings is 1. The lowest BCUT2D eigenvalue weighted by Gasteiger charge is -2.19. The van der Waals surface area contributed by atoms with Crippen LogP contribution < -0.4 is 35.1 Å². The minimum atomic E-state index is -0.574. The highest BCUT2D eigenvalue weighted by molar-refractivity contribution is 5.95. The van der Waals surface area contributed by atoms with E-state index in [0.29, 0.717) is 54.9 Å². The molecule has 1 fully saturated rings. The molecule has 3 N–H and O–H groups in total. The lowest BCUT2D eigenvalue weighted by atomic mass is 10.1. The van der Waals surface area contributed by atoms with Crippen molar-refractivity contribution in [1.29, 1.82) is 0 Å². The molecule has 1 saturated heterocycles. The Morgan fingerprint density at radius 2 is 1.96 bits per heavy atom. The molecule has 244 valence electrons. The Hall–Kier alpha value is -5.11. The van der Waals surface area contributed by atoms with Gasteiger partial charge in [-0.25, -0.2) is 19.6 Å². The summed E-state index contributed by atoms with van der Waals surface area (Å²) in [4.78, 5) is 46.4. The van der Waals surface area contributed by atoms with E-state index in [1.807, 2.05) is 30.3 Å². The molecular formula is C32H38N6O8. The van der Waals surface area contributed by atoms with E-state index >= 15 is 0 Å². The number of alkyl carbamates (subject to hydrolysis) is 1. The van der Waals surface area contributed by atoms with Gasteiger partial charge in [0.1, 0.15) is 29.9 Å². The second kappa shape index (κ2) is 14.3. The number of carbonyl (C=O) groups is 3. The monoisotopic (exact) mass is 634 g/mol. The van der Waals surface area contributed by atoms with Gasteiger partial charge in [-0.3, -0.25) is 9.69 Å². The van der Waals surface area contributed by atoms with Crippen LogP contribution in [-0.2, 0) is 20.8 Å². The number of nitrogens with one attached hydrogen (secondary N) is 3. The minimum Gasteiger partial charge on any atom is -0.491 e. The second-order valence-corrected chi connectivity index (χ2v) is 11.6. The summed E-state index contributed by atoms with van der Waals surface area (Å²) in [6, 6.07) is 14.8. The fraction of sp³-hybridized carbons (Fsp3) is 0.406. The van der Waals surface area contributed by atoms with Gasteiger partial charge in [0.05, 0.1) is 25.9 Å². The number of hydrogen-bond acceptors (Lipinski definition) is 11. The van der Waals surface area contributed by atoms with E-state index in [-0.39, 0.29) is 37.6 Å². The molecular weight excluding hydrogens is 596 g/mol. The maximum absolute atomic E-state index is 12.5. The molecule has 3 aromatic rings. The Bertz CT molecular complexity index is 1580. The van der Waals surface area contributed by atoms with Gasteiger partial charge in [0.25, 0.3) is 5.91 Å². The molecule has 4 heterocycles. The largest absolute Gasteiger partial charge is 0.491 e. The van der Waals surface area contributed by atoms with Crippen molar-refractivity contribution in [1.82, 2.24) is 20.6 Å². The summed E-state index contributed by atoms with van der Waals surface area (Å²) < 4.78 is 27.4. The van der Waals surface area contributed by atoms with Crippen molar-refractivity contribution in [2.24, 2.45) is 0 Å². The van der Waals surface area contributed by atoms with Crippen molar-refractivity contribution in [3.05, 3.63) is 54.1 Å². The zero-order chi connectivity index (χ0) is 32.7. The number of anilines is 2. The van der Waals surface area contributed by atoms with Crippen LogP contribution in [0.3, 0.4) is 0 Å². The van der Waals surface area contributed by atoms with E-state index < -0.39 is 17.8 Å². The van der Waals surface area contributed by atoms with E-state index in [1.165, 1.54) is 4.90 Å². The Labute approximate surface area is 266 Å². The van der Waals surface area contributed by atoms with Crippen molar-refractivity contribution in [3.8, 4) is 28.6 Å². The van der Waals surface area contributed by atoms with Gasteiger partial charge in [-0.1, -0.05) is 18.2 Å². The third-order valence-electron chi connectivity index (χ3n) is 6.83. The van der Waals surface area contributed by atoms with Gasteiger partial charge in [0, 0.05) is 24.2 Å². The van der Waals surface area contributed by atoms with Crippen LogP contribution in [0, 0.1) is 0 Å². The van der Waals surface area contributed by atoms with Crippen molar-refractivity contribution in [2.45, 2.75) is 45.4 Å². The molecule has 2 aromatic heterocycles. The van der Waals surface area contributed by atoms with Crippen molar-refractivity contribution in [2.75, 3.05) is 50.2 Å². The topological polar surface area (TPSA) is 162 Å². The maximum atomic E-state index is 12.5. The molecule has 0 radical (unpaired) electrons. The molecule has 1 aromatic carbocycles. The number of carbonyl (C=O) groups excluding carboxylic acids is 3. The minimum absolute atomic E-state index is 0.0645. The Morgan fingerprint density at radius 1 is 1.11 bits per heavy atom. The van der Waals surface area contributed by atoms with Gasteiger partial charge in [0.2, 0.25) is 5.88 Å². The molecule has 14 nitrogen and oxygen atoms in total. The van der Waals surface area contributed by atoms with Crippen LogP contribution in [-0.4, -0.2) is 79.7 Å². The first-order valence-corrected chi connectivity index (χ1v) is 14.9. The van der Waals surface area contributed by atoms with Crippen molar-refractivity contribution >= 4 is 29.7 Å². The number of methoxy groups -OCH3 is 1. The first-order valence-electron chi connectivity index (χ1n) is 14.9. The molecule has 0 unspecified atom stereocenters. The molecule has 1 atom stereocenters. The number of ether oxygens (including phenoxy) is 5. The van der Waals surface area contributed by atoms with Crippen molar-refractivity contribution in [3.63, 3.8) is 0 Å². The van der Waals surface area contributed by atoms with E-state index in [0.717, 1.165) is 11.1 Å². The van der Waals surface area contributed by atoms with Gasteiger partial charge >= 0.3 is 12.2 Å². The first kappa shape index (κ1) is 32.3. The number of amides is 3. The SMILES string of the molecule is COc1cc(OCCNC(=O)OC(C)(C)C)cc(-c2cccc(CNCC[C@H]3CN(c4ccc5c(n4)NC(=O)CO5)C(=O)O3)c2)n1. The average molecular weight is 635 g/mol. The first-order chi connectivity index (χ1) is 22.1. The number of aromatic nitrogens is 2. The number of pyridine rings is 2. The number of fused-ring (bicyclic) bond motifs is 1. The maximum Gasteiger partial charge on any atom is 0.415 e. The molecule has 2 aliphatic heterocycles. The molecule has 0 aliphatic carbocycles. The van der Waals surface area contributed by atoms with E-state index in [9.17, 15) is 14.4 Å². The molecule has 0 spiro atoms. The molecule has 5 rings (SSSR count). The number of nitrogens with zero attached hydrogens (tertiary/aromatic N) is 3. The highest BCUT2D eigenvalue weighted by Crippen LogP contribution is 2.30. The summed E-state index contributed by atoms with van der Waals surface area (Å²) in [7, 11) is 1.54. The van der Waals surface area contributed by atoms with Crippen LogP contribution in [0.15, 0.2) is 48.5 Å². The van der Waals surface area contributed by atoms with Gasteiger partial charge in [-0.05, 0) is 57.5 Å². The number of cyclic esters (lactones) is 1. The van der Waals surface area contributed by atoms with Gasteiger partial charge < -0.3 is 39.6 Å². The van der Waals surface area contributed by atoms with Gasteiger partial charge in [-0.2, -0.15) is 0 Å². The summed E-state index contributed by atoms with van der Waals surface area (Å²) in [5.41, 5.74) is 2.03. The zero-order valence-electron chi connectivity index (χ0n) is 26.3. The Morgan fingerprint density at radius 3 is 2.76 bits per heavy atom. The summed E-state index contributed by atoms with van der Waals surface area (Å²) in [5.74, 6) is 1.80. The fourth-order valence-electron chi connectivity index (χ4n) is 4.75.